The minimum absolute atomic E-state index is 0.0698. The van der Waals surface area contributed by atoms with Crippen molar-refractivity contribution < 1.29 is 23.9 Å². The molecule has 0 radical (unpaired) electrons. The Balaban J connectivity index is 1.06. The van der Waals surface area contributed by atoms with Gasteiger partial charge in [0.1, 0.15) is 5.75 Å². The zero-order valence-corrected chi connectivity index (χ0v) is 26.1. The maximum Gasteiger partial charge on any atom is 0.262 e. The topological polar surface area (TPSA) is 134 Å². The van der Waals surface area contributed by atoms with E-state index in [0.29, 0.717) is 60.7 Å². The van der Waals surface area contributed by atoms with Gasteiger partial charge < -0.3 is 30.9 Å². The molecule has 0 atom stereocenters. The highest BCUT2D eigenvalue weighted by Crippen LogP contribution is 2.33. The first-order chi connectivity index (χ1) is 22.4. The molecular formula is C36H41N5O5. The van der Waals surface area contributed by atoms with E-state index in [-0.39, 0.29) is 36.3 Å². The summed E-state index contributed by atoms with van der Waals surface area (Å²) in [6.07, 6.45) is 7.19. The van der Waals surface area contributed by atoms with Crippen LogP contribution in [0.3, 0.4) is 0 Å². The Bertz CT molecular complexity index is 1620. The SMILES string of the molecule is NCCCCCCN1Cc2ccc(NC(=O)c3ccc(CN(C(=O)c4ccc5c(c4)OCC(=O)N5)C4CC4)cc3)cc2CCC1=O. The summed E-state index contributed by atoms with van der Waals surface area (Å²) in [5.41, 5.74) is 11.0. The molecule has 1 fully saturated rings. The van der Waals surface area contributed by atoms with E-state index in [1.165, 1.54) is 0 Å². The van der Waals surface area contributed by atoms with E-state index < -0.39 is 0 Å². The van der Waals surface area contributed by atoms with Crippen LogP contribution in [0, 0.1) is 0 Å². The molecule has 2 aliphatic heterocycles. The summed E-state index contributed by atoms with van der Waals surface area (Å²) in [5.74, 6) is 0.141. The molecule has 0 aromatic heterocycles. The fourth-order valence-electron chi connectivity index (χ4n) is 6.08. The van der Waals surface area contributed by atoms with Gasteiger partial charge >= 0.3 is 0 Å². The molecule has 4 N–H and O–H groups in total. The van der Waals surface area contributed by atoms with E-state index in [1.807, 2.05) is 40.1 Å². The van der Waals surface area contributed by atoms with Gasteiger partial charge in [-0.05, 0) is 97.8 Å². The average Bonchev–Trinajstić information content (AvgIpc) is 3.92. The predicted molar refractivity (Wildman–Crippen MR) is 176 cm³/mol. The van der Waals surface area contributed by atoms with Crippen molar-refractivity contribution in [3.05, 3.63) is 88.5 Å². The number of fused-ring (bicyclic) bond motifs is 2. The Kier molecular flexibility index (Phi) is 9.63. The van der Waals surface area contributed by atoms with Crippen molar-refractivity contribution in [2.75, 3.05) is 30.3 Å². The standard InChI is InChI=1S/C36H41N5O5/c37-17-3-1-2-4-18-40-22-28-9-12-29(19-26(28)11-16-34(40)43)38-35(44)25-7-5-24(6-8-25)21-41(30-13-14-30)36(45)27-10-15-31-32(20-27)46-23-33(42)39-31/h5-10,12,15,19-20,30H,1-4,11,13-14,16-18,21-23,37H2,(H,38,44)(H,39,42). The molecule has 3 aliphatic rings. The summed E-state index contributed by atoms with van der Waals surface area (Å²) in [4.78, 5) is 54.8. The van der Waals surface area contributed by atoms with Crippen molar-refractivity contribution in [2.45, 2.75) is 70.5 Å². The Labute approximate surface area is 269 Å². The third-order valence-electron chi connectivity index (χ3n) is 8.85. The normalized spacial score (nSPS) is 15.6. The number of ether oxygens (including phenoxy) is 1. The highest BCUT2D eigenvalue weighted by Gasteiger charge is 2.33. The van der Waals surface area contributed by atoms with E-state index in [0.717, 1.165) is 61.8 Å². The van der Waals surface area contributed by atoms with Crippen molar-refractivity contribution in [2.24, 2.45) is 5.73 Å². The number of nitrogens with zero attached hydrogens (tertiary/aromatic N) is 2. The van der Waals surface area contributed by atoms with Crippen LogP contribution in [-0.4, -0.2) is 59.2 Å². The molecule has 6 rings (SSSR count). The number of aryl methyl sites for hydroxylation is 1. The van der Waals surface area contributed by atoms with Crippen molar-refractivity contribution in [1.82, 2.24) is 9.80 Å². The number of nitrogens with two attached hydrogens (primary N) is 1. The van der Waals surface area contributed by atoms with Crippen LogP contribution in [0.5, 0.6) is 5.75 Å². The van der Waals surface area contributed by atoms with Gasteiger partial charge in [0.25, 0.3) is 17.7 Å². The van der Waals surface area contributed by atoms with Crippen LogP contribution in [0.25, 0.3) is 0 Å². The molecule has 1 aliphatic carbocycles. The Hall–Kier alpha value is -4.70. The second-order valence-electron chi connectivity index (χ2n) is 12.4. The maximum absolute atomic E-state index is 13.5. The van der Waals surface area contributed by atoms with Gasteiger partial charge in [-0.15, -0.1) is 0 Å². The molecule has 46 heavy (non-hydrogen) atoms. The molecule has 3 aromatic carbocycles. The van der Waals surface area contributed by atoms with Crippen molar-refractivity contribution in [3.8, 4) is 5.75 Å². The fourth-order valence-corrected chi connectivity index (χ4v) is 6.08. The molecular weight excluding hydrogens is 582 g/mol. The number of hydrogen-bond acceptors (Lipinski definition) is 6. The lowest BCUT2D eigenvalue weighted by Crippen LogP contribution is -2.33. The van der Waals surface area contributed by atoms with Gasteiger partial charge in [-0.1, -0.05) is 31.0 Å². The van der Waals surface area contributed by atoms with Crippen molar-refractivity contribution >= 4 is 35.0 Å². The largest absolute Gasteiger partial charge is 0.482 e. The second-order valence-corrected chi connectivity index (χ2v) is 12.4. The number of carbonyl (C=O) groups excluding carboxylic acids is 4. The van der Waals surface area contributed by atoms with Gasteiger partial charge in [-0.2, -0.15) is 0 Å². The van der Waals surface area contributed by atoms with Gasteiger partial charge in [0.05, 0.1) is 5.69 Å². The summed E-state index contributed by atoms with van der Waals surface area (Å²) in [5, 5.41) is 5.76. The van der Waals surface area contributed by atoms with Crippen molar-refractivity contribution in [1.29, 1.82) is 0 Å². The molecule has 0 spiro atoms. The zero-order valence-electron chi connectivity index (χ0n) is 26.1. The number of amides is 4. The third kappa shape index (κ3) is 7.56. The van der Waals surface area contributed by atoms with Crippen molar-refractivity contribution in [3.63, 3.8) is 0 Å². The molecule has 240 valence electrons. The first-order valence-electron chi connectivity index (χ1n) is 16.3. The Morgan fingerprint density at radius 3 is 2.48 bits per heavy atom. The lowest BCUT2D eigenvalue weighted by molar-refractivity contribution is -0.131. The minimum Gasteiger partial charge on any atom is -0.482 e. The highest BCUT2D eigenvalue weighted by atomic mass is 16.5. The molecule has 10 heteroatoms. The van der Waals surface area contributed by atoms with Gasteiger partial charge in [0, 0.05) is 48.9 Å². The molecule has 3 aromatic rings. The number of benzene rings is 3. The summed E-state index contributed by atoms with van der Waals surface area (Å²) < 4.78 is 5.50. The lowest BCUT2D eigenvalue weighted by atomic mass is 10.0. The van der Waals surface area contributed by atoms with Crippen LogP contribution in [0.1, 0.15) is 82.4 Å². The fraction of sp³-hybridized carbons (Fsp3) is 0.389. The van der Waals surface area contributed by atoms with Crippen LogP contribution in [0.15, 0.2) is 60.7 Å². The Morgan fingerprint density at radius 1 is 0.913 bits per heavy atom. The summed E-state index contributed by atoms with van der Waals surface area (Å²) >= 11 is 0. The number of anilines is 2. The van der Waals surface area contributed by atoms with E-state index in [1.54, 1.807) is 30.3 Å². The number of rotatable bonds is 12. The summed E-state index contributed by atoms with van der Waals surface area (Å²) in [6.45, 7) is 2.42. The molecule has 2 heterocycles. The van der Waals surface area contributed by atoms with Crippen LogP contribution < -0.4 is 21.1 Å². The zero-order chi connectivity index (χ0) is 32.0. The van der Waals surface area contributed by atoms with Gasteiger partial charge in [0.15, 0.2) is 6.61 Å². The van der Waals surface area contributed by atoms with E-state index in [4.69, 9.17) is 10.5 Å². The quantitative estimate of drug-likeness (QED) is 0.247. The lowest BCUT2D eigenvalue weighted by Gasteiger charge is -2.24. The Morgan fingerprint density at radius 2 is 1.70 bits per heavy atom. The van der Waals surface area contributed by atoms with E-state index in [9.17, 15) is 19.2 Å². The second kappa shape index (κ2) is 14.2. The third-order valence-corrected chi connectivity index (χ3v) is 8.85. The van der Waals surface area contributed by atoms with Crippen LogP contribution in [0.2, 0.25) is 0 Å². The predicted octanol–water partition coefficient (Wildman–Crippen LogP) is 4.87. The minimum atomic E-state index is -0.216. The van der Waals surface area contributed by atoms with Crippen LogP contribution >= 0.6 is 0 Å². The van der Waals surface area contributed by atoms with Crippen LogP contribution in [-0.2, 0) is 29.1 Å². The van der Waals surface area contributed by atoms with Gasteiger partial charge in [0.2, 0.25) is 5.91 Å². The number of hydrogen-bond donors (Lipinski definition) is 3. The number of unbranched alkanes of at least 4 members (excludes halogenated alkanes) is 3. The maximum atomic E-state index is 13.5. The van der Waals surface area contributed by atoms with Gasteiger partial charge in [-0.3, -0.25) is 19.2 Å². The first-order valence-corrected chi connectivity index (χ1v) is 16.3. The molecule has 10 nitrogen and oxygen atoms in total. The van der Waals surface area contributed by atoms with Gasteiger partial charge in [-0.25, -0.2) is 0 Å². The molecule has 0 bridgehead atoms. The monoisotopic (exact) mass is 623 g/mol. The number of nitrogens with one attached hydrogen (secondary N) is 2. The average molecular weight is 624 g/mol. The van der Waals surface area contributed by atoms with E-state index >= 15 is 0 Å². The van der Waals surface area contributed by atoms with Crippen LogP contribution in [0.4, 0.5) is 11.4 Å². The first kappa shape index (κ1) is 31.3. The molecule has 0 unspecified atom stereocenters. The summed E-state index contributed by atoms with van der Waals surface area (Å²) in [6, 6.07) is 18.5. The molecule has 0 saturated heterocycles. The number of carbonyl (C=O) groups is 4. The highest BCUT2D eigenvalue weighted by molar-refractivity contribution is 6.04. The summed E-state index contributed by atoms with van der Waals surface area (Å²) in [7, 11) is 0. The molecule has 4 amide bonds. The van der Waals surface area contributed by atoms with E-state index in [2.05, 4.69) is 10.6 Å². The smallest absolute Gasteiger partial charge is 0.262 e. The molecule has 1 saturated carbocycles.